The highest BCUT2D eigenvalue weighted by Crippen LogP contribution is 2.64. The molecule has 2 aromatic carbocycles. The molecule has 31 heavy (non-hydrogen) atoms. The maximum Gasteiger partial charge on any atom is 0.227 e. The van der Waals surface area contributed by atoms with Gasteiger partial charge in [0.1, 0.15) is 0 Å². The molecule has 2 aromatic heterocycles. The van der Waals surface area contributed by atoms with Crippen LogP contribution in [0.2, 0.25) is 0 Å². The Balaban J connectivity index is 1.13. The van der Waals surface area contributed by atoms with Crippen molar-refractivity contribution in [3.63, 3.8) is 0 Å². The van der Waals surface area contributed by atoms with Crippen LogP contribution in [0, 0.1) is 35.3 Å². The van der Waals surface area contributed by atoms with E-state index in [9.17, 15) is 13.6 Å². The van der Waals surface area contributed by atoms with Gasteiger partial charge >= 0.3 is 0 Å². The van der Waals surface area contributed by atoms with Crippen LogP contribution in [-0.4, -0.2) is 20.6 Å². The average Bonchev–Trinajstić information content (AvgIpc) is 3.18. The molecule has 4 aromatic rings. The van der Waals surface area contributed by atoms with Gasteiger partial charge in [-0.15, -0.1) is 0 Å². The molecule has 1 N–H and O–H groups in total. The van der Waals surface area contributed by atoms with Gasteiger partial charge in [-0.1, -0.05) is 12.1 Å². The molecule has 6 nitrogen and oxygen atoms in total. The lowest BCUT2D eigenvalue weighted by Crippen LogP contribution is -2.24. The second-order valence-corrected chi connectivity index (χ2v) is 8.79. The molecule has 0 radical (unpaired) electrons. The van der Waals surface area contributed by atoms with E-state index >= 15 is 0 Å². The van der Waals surface area contributed by atoms with Gasteiger partial charge in [-0.05, 0) is 42.7 Å². The van der Waals surface area contributed by atoms with E-state index in [1.807, 2.05) is 23.6 Å². The van der Waals surface area contributed by atoms with E-state index in [1.165, 1.54) is 6.07 Å². The smallest absolute Gasteiger partial charge is 0.227 e. The van der Waals surface area contributed by atoms with E-state index in [-0.39, 0.29) is 17.9 Å². The van der Waals surface area contributed by atoms with Gasteiger partial charge in [0.05, 0.1) is 23.6 Å². The highest BCUT2D eigenvalue weighted by molar-refractivity contribution is 5.94. The second kappa shape index (κ2) is 6.60. The van der Waals surface area contributed by atoms with E-state index in [2.05, 4.69) is 15.5 Å². The van der Waals surface area contributed by atoms with Crippen molar-refractivity contribution in [2.45, 2.75) is 25.8 Å². The largest absolute Gasteiger partial charge is 0.356 e. The van der Waals surface area contributed by atoms with Gasteiger partial charge in [-0.2, -0.15) is 0 Å². The number of fused-ring (bicyclic) bond motifs is 3. The molecule has 1 amide bonds. The van der Waals surface area contributed by atoms with Crippen LogP contribution in [0.15, 0.2) is 47.4 Å². The number of carbonyl (C=O) groups is 1. The molecule has 2 saturated carbocycles. The van der Waals surface area contributed by atoms with Crippen LogP contribution in [0.1, 0.15) is 25.8 Å². The quantitative estimate of drug-likeness (QED) is 0.506. The van der Waals surface area contributed by atoms with Gasteiger partial charge in [0, 0.05) is 41.2 Å². The molecule has 0 saturated heterocycles. The molecule has 0 spiro atoms. The monoisotopic (exact) mass is 422 g/mol. The molecule has 1 unspecified atom stereocenters. The first-order valence-electron chi connectivity index (χ1n) is 10.5. The minimum atomic E-state index is -0.880. The standard InChI is InChI=1S/C23H20F2N4O2/c1-11(23(30)28-13-3-2-12-9-27-31-21(12)4-13)22-15-5-14(6-16(15)22)29-10-26-19-7-17(24)18(25)8-20(19)29/h2-4,7-11,14-16,22H,5-6H2,1H3,(H,28,30)/t11?,14-,15+,16-,22-. The van der Waals surface area contributed by atoms with Crippen molar-refractivity contribution in [2.75, 3.05) is 5.32 Å². The maximum atomic E-state index is 13.7. The van der Waals surface area contributed by atoms with E-state index in [1.54, 1.807) is 18.6 Å². The van der Waals surface area contributed by atoms with Crippen LogP contribution >= 0.6 is 0 Å². The lowest BCUT2D eigenvalue weighted by Gasteiger charge is -2.20. The van der Waals surface area contributed by atoms with Crippen LogP contribution in [-0.2, 0) is 4.79 Å². The maximum absolute atomic E-state index is 13.7. The van der Waals surface area contributed by atoms with Crippen molar-refractivity contribution in [2.24, 2.45) is 23.7 Å². The fraction of sp³-hybridized carbons (Fsp3) is 0.348. The number of hydrogen-bond donors (Lipinski definition) is 1. The number of halogens is 2. The molecule has 6 rings (SSSR count). The SMILES string of the molecule is CC(C(=O)Nc1ccc2cnoc2c1)[C@H]1[C@@H]2C[C@H](n3cnc4cc(F)c(F)cc43)C[C@@H]21. The third kappa shape index (κ3) is 2.92. The van der Waals surface area contributed by atoms with Gasteiger partial charge in [0.2, 0.25) is 5.91 Å². The number of nitrogens with one attached hydrogen (secondary N) is 1. The third-order valence-electron chi connectivity index (χ3n) is 7.11. The first-order chi connectivity index (χ1) is 15.0. The van der Waals surface area contributed by atoms with Gasteiger partial charge < -0.3 is 14.4 Å². The van der Waals surface area contributed by atoms with Crippen molar-refractivity contribution in [3.8, 4) is 0 Å². The number of nitrogens with zero attached hydrogens (tertiary/aromatic N) is 3. The highest BCUT2D eigenvalue weighted by atomic mass is 19.2. The Bertz CT molecular complexity index is 1320. The van der Waals surface area contributed by atoms with Crippen LogP contribution < -0.4 is 5.32 Å². The summed E-state index contributed by atoms with van der Waals surface area (Å²) in [5.41, 5.74) is 2.42. The summed E-state index contributed by atoms with van der Waals surface area (Å²) in [4.78, 5) is 17.0. The van der Waals surface area contributed by atoms with Gasteiger partial charge in [-0.25, -0.2) is 13.8 Å². The van der Waals surface area contributed by atoms with Gasteiger partial charge in [0.15, 0.2) is 17.2 Å². The molecular formula is C23H20F2N4O2. The molecule has 8 heteroatoms. The number of anilines is 1. The fourth-order valence-electron chi connectivity index (χ4n) is 5.51. The Morgan fingerprint density at radius 1 is 1.19 bits per heavy atom. The number of imidazole rings is 1. The zero-order valence-electron chi connectivity index (χ0n) is 16.8. The lowest BCUT2D eigenvalue weighted by atomic mass is 9.96. The molecule has 2 fully saturated rings. The molecule has 2 aliphatic rings. The average molecular weight is 422 g/mol. The predicted molar refractivity (Wildman–Crippen MR) is 110 cm³/mol. The summed E-state index contributed by atoms with van der Waals surface area (Å²) in [5, 5.41) is 7.64. The molecule has 2 aliphatic carbocycles. The Hall–Kier alpha value is -3.29. The summed E-state index contributed by atoms with van der Waals surface area (Å²) in [6.45, 7) is 1.98. The summed E-state index contributed by atoms with van der Waals surface area (Å²) in [6.07, 6.45) is 5.15. The van der Waals surface area contributed by atoms with Crippen LogP contribution in [0.25, 0.3) is 22.0 Å². The second-order valence-electron chi connectivity index (χ2n) is 8.79. The topological polar surface area (TPSA) is 73.0 Å². The van der Waals surface area contributed by atoms with E-state index in [0.29, 0.717) is 40.1 Å². The minimum absolute atomic E-state index is 0.000409. The van der Waals surface area contributed by atoms with E-state index in [4.69, 9.17) is 4.52 Å². The number of benzene rings is 2. The third-order valence-corrected chi connectivity index (χ3v) is 7.11. The summed E-state index contributed by atoms with van der Waals surface area (Å²) >= 11 is 0. The zero-order chi connectivity index (χ0) is 21.3. The first-order valence-corrected chi connectivity index (χ1v) is 10.5. The van der Waals surface area contributed by atoms with Gasteiger partial charge in [0.25, 0.3) is 0 Å². The minimum Gasteiger partial charge on any atom is -0.356 e. The lowest BCUT2D eigenvalue weighted by molar-refractivity contribution is -0.120. The first kappa shape index (κ1) is 18.5. The normalized spacial score (nSPS) is 25.6. The number of carbonyl (C=O) groups excluding carboxylic acids is 1. The van der Waals surface area contributed by atoms with Crippen molar-refractivity contribution in [3.05, 3.63) is 54.5 Å². The Kier molecular flexibility index (Phi) is 3.94. The number of aromatic nitrogens is 3. The van der Waals surface area contributed by atoms with E-state index in [0.717, 1.165) is 24.3 Å². The Labute approximate surface area is 176 Å². The number of hydrogen-bond acceptors (Lipinski definition) is 4. The van der Waals surface area contributed by atoms with Crippen molar-refractivity contribution < 1.29 is 18.1 Å². The van der Waals surface area contributed by atoms with E-state index < -0.39 is 11.6 Å². The van der Waals surface area contributed by atoms with Crippen LogP contribution in [0.5, 0.6) is 0 Å². The van der Waals surface area contributed by atoms with Crippen molar-refractivity contribution in [1.29, 1.82) is 0 Å². The molecule has 5 atom stereocenters. The molecular weight excluding hydrogens is 402 g/mol. The van der Waals surface area contributed by atoms with Crippen molar-refractivity contribution >= 4 is 33.6 Å². The number of rotatable bonds is 4. The molecule has 0 aliphatic heterocycles. The summed E-state index contributed by atoms with van der Waals surface area (Å²) in [6, 6.07) is 8.06. The van der Waals surface area contributed by atoms with Gasteiger partial charge in [-0.3, -0.25) is 4.79 Å². The predicted octanol–water partition coefficient (Wildman–Crippen LogP) is 4.93. The number of amides is 1. The molecule has 2 heterocycles. The zero-order valence-corrected chi connectivity index (χ0v) is 16.8. The molecule has 158 valence electrons. The Morgan fingerprint density at radius 2 is 1.97 bits per heavy atom. The fourth-order valence-corrected chi connectivity index (χ4v) is 5.51. The summed E-state index contributed by atoms with van der Waals surface area (Å²) < 4.78 is 34.3. The summed E-state index contributed by atoms with van der Waals surface area (Å²) in [5.74, 6) is -0.573. The van der Waals surface area contributed by atoms with Crippen LogP contribution in [0.3, 0.4) is 0 Å². The summed E-state index contributed by atoms with van der Waals surface area (Å²) in [7, 11) is 0. The molecule has 0 bridgehead atoms. The highest BCUT2D eigenvalue weighted by Gasteiger charge is 2.59. The van der Waals surface area contributed by atoms with Crippen LogP contribution in [0.4, 0.5) is 14.5 Å². The van der Waals surface area contributed by atoms with Crippen molar-refractivity contribution in [1.82, 2.24) is 14.7 Å². The Morgan fingerprint density at radius 3 is 2.77 bits per heavy atom.